The first kappa shape index (κ1) is 18.1. The van der Waals surface area contributed by atoms with Gasteiger partial charge in [-0.3, -0.25) is 4.79 Å². The van der Waals surface area contributed by atoms with Crippen LogP contribution in [0.15, 0.2) is 24.3 Å². The van der Waals surface area contributed by atoms with Gasteiger partial charge in [0.05, 0.1) is 11.7 Å². The lowest BCUT2D eigenvalue weighted by Gasteiger charge is -2.25. The van der Waals surface area contributed by atoms with Crippen molar-refractivity contribution in [1.29, 1.82) is 0 Å². The van der Waals surface area contributed by atoms with Gasteiger partial charge in [0.1, 0.15) is 5.82 Å². The average molecular weight is 371 g/mol. The van der Waals surface area contributed by atoms with Crippen LogP contribution in [0.3, 0.4) is 0 Å². The van der Waals surface area contributed by atoms with E-state index in [0.717, 1.165) is 56.6 Å². The summed E-state index contributed by atoms with van der Waals surface area (Å²) in [6.07, 6.45) is 4.58. The number of amides is 1. The van der Waals surface area contributed by atoms with Crippen molar-refractivity contribution in [3.63, 3.8) is 0 Å². The van der Waals surface area contributed by atoms with Crippen LogP contribution in [0.25, 0.3) is 0 Å². The van der Waals surface area contributed by atoms with E-state index in [-0.39, 0.29) is 17.8 Å². The minimum absolute atomic E-state index is 0.0495. The van der Waals surface area contributed by atoms with Gasteiger partial charge >= 0.3 is 0 Å². The number of hydrogen-bond donors (Lipinski definition) is 1. The second-order valence-electron chi connectivity index (χ2n) is 7.58. The van der Waals surface area contributed by atoms with Crippen LogP contribution in [0.2, 0.25) is 0 Å². The number of carbonyl (C=O) groups is 1. The molecule has 2 aliphatic rings. The van der Waals surface area contributed by atoms with E-state index in [1.807, 2.05) is 22.6 Å². The maximum atomic E-state index is 13.5. The fraction of sp³-hybridized carbons (Fsp3) is 0.550. The van der Waals surface area contributed by atoms with Crippen LogP contribution in [0.4, 0.5) is 4.39 Å². The van der Waals surface area contributed by atoms with Gasteiger partial charge in [-0.15, -0.1) is 5.10 Å². The van der Waals surface area contributed by atoms with Crippen molar-refractivity contribution in [3.8, 4) is 0 Å². The fourth-order valence-electron chi connectivity index (χ4n) is 4.32. The highest BCUT2D eigenvalue weighted by Crippen LogP contribution is 2.26. The molecule has 1 unspecified atom stereocenters. The highest BCUT2D eigenvalue weighted by molar-refractivity contribution is 5.93. The standard InChI is InChI=1S/C20H26FN5O/c1-14-19(23-24-26(14)17-7-9-22-10-8-17)20(27)25-11-3-6-18(25)13-15-4-2-5-16(21)12-15/h2,4-5,12,17-18,22H,3,6-11,13H2,1H3. The Labute approximate surface area is 158 Å². The molecule has 3 heterocycles. The molecule has 0 bridgehead atoms. The van der Waals surface area contributed by atoms with E-state index in [0.29, 0.717) is 18.2 Å². The molecule has 27 heavy (non-hydrogen) atoms. The number of benzene rings is 1. The maximum Gasteiger partial charge on any atom is 0.276 e. The third-order valence-corrected chi connectivity index (χ3v) is 5.78. The lowest BCUT2D eigenvalue weighted by Crippen LogP contribution is -2.37. The van der Waals surface area contributed by atoms with Gasteiger partial charge in [0.15, 0.2) is 5.69 Å². The lowest BCUT2D eigenvalue weighted by atomic mass is 10.0. The van der Waals surface area contributed by atoms with E-state index in [4.69, 9.17) is 0 Å². The summed E-state index contributed by atoms with van der Waals surface area (Å²) >= 11 is 0. The lowest BCUT2D eigenvalue weighted by molar-refractivity contribution is 0.0729. The summed E-state index contributed by atoms with van der Waals surface area (Å²) in [5.41, 5.74) is 2.23. The molecule has 144 valence electrons. The summed E-state index contributed by atoms with van der Waals surface area (Å²) in [5, 5.41) is 11.9. The van der Waals surface area contributed by atoms with Crippen LogP contribution in [0.1, 0.15) is 53.5 Å². The van der Waals surface area contributed by atoms with Crippen molar-refractivity contribution in [2.24, 2.45) is 0 Å². The molecule has 4 rings (SSSR count). The first-order valence-electron chi connectivity index (χ1n) is 9.81. The molecular weight excluding hydrogens is 345 g/mol. The second kappa shape index (κ2) is 7.76. The van der Waals surface area contributed by atoms with Crippen LogP contribution < -0.4 is 5.32 Å². The average Bonchev–Trinajstić information content (AvgIpc) is 3.28. The molecule has 2 saturated heterocycles. The quantitative estimate of drug-likeness (QED) is 0.897. The molecule has 0 radical (unpaired) electrons. The molecule has 1 aromatic heterocycles. The Morgan fingerprint density at radius 1 is 1.30 bits per heavy atom. The highest BCUT2D eigenvalue weighted by Gasteiger charge is 2.33. The first-order chi connectivity index (χ1) is 13.1. The zero-order valence-electron chi connectivity index (χ0n) is 15.7. The van der Waals surface area contributed by atoms with Crippen LogP contribution in [-0.4, -0.2) is 51.5 Å². The van der Waals surface area contributed by atoms with E-state index in [9.17, 15) is 9.18 Å². The molecule has 2 aromatic rings. The summed E-state index contributed by atoms with van der Waals surface area (Å²) in [6, 6.07) is 7.04. The van der Waals surface area contributed by atoms with Gasteiger partial charge in [-0.2, -0.15) is 0 Å². The molecule has 6 nitrogen and oxygen atoms in total. The summed E-state index contributed by atoms with van der Waals surface area (Å²) in [6.45, 7) is 4.59. The van der Waals surface area contributed by atoms with Gasteiger partial charge in [-0.05, 0) is 69.8 Å². The minimum Gasteiger partial charge on any atom is -0.334 e. The van der Waals surface area contributed by atoms with Crippen molar-refractivity contribution < 1.29 is 9.18 Å². The van der Waals surface area contributed by atoms with Crippen molar-refractivity contribution >= 4 is 5.91 Å². The summed E-state index contributed by atoms with van der Waals surface area (Å²) in [7, 11) is 0. The SMILES string of the molecule is Cc1c(C(=O)N2CCCC2Cc2cccc(F)c2)nnn1C1CCNCC1. The Bertz CT molecular complexity index is 814. The van der Waals surface area contributed by atoms with E-state index < -0.39 is 0 Å². The molecule has 1 N–H and O–H groups in total. The molecule has 0 spiro atoms. The third-order valence-electron chi connectivity index (χ3n) is 5.78. The Kier molecular flexibility index (Phi) is 5.20. The number of likely N-dealkylation sites (tertiary alicyclic amines) is 1. The number of halogens is 1. The summed E-state index contributed by atoms with van der Waals surface area (Å²) in [5.74, 6) is -0.282. The van der Waals surface area contributed by atoms with Crippen molar-refractivity contribution in [2.45, 2.75) is 51.1 Å². The molecule has 1 atom stereocenters. The Morgan fingerprint density at radius 3 is 2.89 bits per heavy atom. The smallest absolute Gasteiger partial charge is 0.276 e. The van der Waals surface area contributed by atoms with Gasteiger partial charge in [-0.1, -0.05) is 17.3 Å². The number of piperidine rings is 1. The molecule has 2 aliphatic heterocycles. The number of rotatable bonds is 4. The van der Waals surface area contributed by atoms with Gasteiger partial charge in [0, 0.05) is 12.6 Å². The normalized spacial score (nSPS) is 21.0. The molecule has 1 aromatic carbocycles. The number of hydrogen-bond acceptors (Lipinski definition) is 4. The van der Waals surface area contributed by atoms with Crippen LogP contribution in [0, 0.1) is 12.7 Å². The van der Waals surface area contributed by atoms with Crippen LogP contribution in [-0.2, 0) is 6.42 Å². The monoisotopic (exact) mass is 371 g/mol. The van der Waals surface area contributed by atoms with Crippen LogP contribution in [0.5, 0.6) is 0 Å². The predicted molar refractivity (Wildman–Crippen MR) is 100 cm³/mol. The van der Waals surface area contributed by atoms with Gasteiger partial charge in [-0.25, -0.2) is 9.07 Å². The van der Waals surface area contributed by atoms with Crippen molar-refractivity contribution in [3.05, 3.63) is 47.0 Å². The molecular formula is C20H26FN5O. The molecule has 0 aliphatic carbocycles. The zero-order valence-corrected chi connectivity index (χ0v) is 15.7. The van der Waals surface area contributed by atoms with Gasteiger partial charge in [0.25, 0.3) is 5.91 Å². The number of carbonyl (C=O) groups excluding carboxylic acids is 1. The minimum atomic E-state index is -0.232. The van der Waals surface area contributed by atoms with E-state index in [1.54, 1.807) is 12.1 Å². The summed E-state index contributed by atoms with van der Waals surface area (Å²) < 4.78 is 15.4. The van der Waals surface area contributed by atoms with Crippen molar-refractivity contribution in [1.82, 2.24) is 25.2 Å². The van der Waals surface area contributed by atoms with Crippen LogP contribution >= 0.6 is 0 Å². The van der Waals surface area contributed by atoms with Gasteiger partial charge in [0.2, 0.25) is 0 Å². The van der Waals surface area contributed by atoms with Gasteiger partial charge < -0.3 is 10.2 Å². The number of nitrogens with one attached hydrogen (secondary N) is 1. The Hall–Kier alpha value is -2.28. The Morgan fingerprint density at radius 2 is 2.11 bits per heavy atom. The zero-order chi connectivity index (χ0) is 18.8. The number of aromatic nitrogens is 3. The largest absolute Gasteiger partial charge is 0.334 e. The highest BCUT2D eigenvalue weighted by atomic mass is 19.1. The molecule has 7 heteroatoms. The maximum absolute atomic E-state index is 13.5. The van der Waals surface area contributed by atoms with E-state index >= 15 is 0 Å². The molecule has 0 saturated carbocycles. The summed E-state index contributed by atoms with van der Waals surface area (Å²) in [4.78, 5) is 15.1. The Balaban J connectivity index is 1.50. The van der Waals surface area contributed by atoms with Crippen molar-refractivity contribution in [2.75, 3.05) is 19.6 Å². The second-order valence-corrected chi connectivity index (χ2v) is 7.58. The molecule has 1 amide bonds. The fourth-order valence-corrected chi connectivity index (χ4v) is 4.32. The predicted octanol–water partition coefficient (Wildman–Crippen LogP) is 2.50. The topological polar surface area (TPSA) is 63.1 Å². The number of nitrogens with zero attached hydrogens (tertiary/aromatic N) is 4. The molecule has 2 fully saturated rings. The first-order valence-corrected chi connectivity index (χ1v) is 9.81. The van der Waals surface area contributed by atoms with E-state index in [1.165, 1.54) is 6.07 Å². The van der Waals surface area contributed by atoms with E-state index in [2.05, 4.69) is 15.6 Å². The third kappa shape index (κ3) is 3.74.